The smallest absolute Gasteiger partial charge is 0.251 e. The molecular formula is C13H17NO4. The highest BCUT2D eigenvalue weighted by Crippen LogP contribution is 2.21. The minimum atomic E-state index is -0.410. The molecule has 1 atom stereocenters. The fourth-order valence-electron chi connectivity index (χ4n) is 1.92. The predicted octanol–water partition coefficient (Wildman–Crippen LogP) is 0.927. The van der Waals surface area contributed by atoms with Gasteiger partial charge in [0.1, 0.15) is 11.4 Å². The zero-order chi connectivity index (χ0) is 13.0. The van der Waals surface area contributed by atoms with Crippen molar-refractivity contribution in [3.8, 4) is 5.75 Å². The van der Waals surface area contributed by atoms with Crippen molar-refractivity contribution in [3.63, 3.8) is 0 Å². The molecule has 1 unspecified atom stereocenters. The van der Waals surface area contributed by atoms with Crippen molar-refractivity contribution in [3.05, 3.63) is 29.8 Å². The van der Waals surface area contributed by atoms with Crippen LogP contribution in [0.15, 0.2) is 24.3 Å². The van der Waals surface area contributed by atoms with E-state index in [-0.39, 0.29) is 11.7 Å². The molecule has 0 aromatic heterocycles. The fourth-order valence-corrected chi connectivity index (χ4v) is 1.92. The Morgan fingerprint density at radius 1 is 1.50 bits per heavy atom. The number of phenols is 1. The topological polar surface area (TPSA) is 67.8 Å². The van der Waals surface area contributed by atoms with Gasteiger partial charge in [-0.05, 0) is 24.3 Å². The normalized spacial score (nSPS) is 22.9. The molecule has 1 aliphatic heterocycles. The van der Waals surface area contributed by atoms with E-state index in [9.17, 15) is 4.79 Å². The first kappa shape index (κ1) is 12.9. The number of hydrogen-bond donors (Lipinski definition) is 2. The highest BCUT2D eigenvalue weighted by atomic mass is 16.5. The van der Waals surface area contributed by atoms with Gasteiger partial charge >= 0.3 is 0 Å². The lowest BCUT2D eigenvalue weighted by atomic mass is 10.0. The van der Waals surface area contributed by atoms with Crippen molar-refractivity contribution in [2.45, 2.75) is 12.0 Å². The van der Waals surface area contributed by atoms with Crippen molar-refractivity contribution < 1.29 is 19.4 Å². The molecule has 1 fully saturated rings. The van der Waals surface area contributed by atoms with E-state index in [1.165, 1.54) is 12.1 Å². The number of amides is 1. The Morgan fingerprint density at radius 2 is 2.22 bits per heavy atom. The molecule has 1 heterocycles. The van der Waals surface area contributed by atoms with Crippen LogP contribution in [0, 0.1) is 0 Å². The van der Waals surface area contributed by atoms with E-state index >= 15 is 0 Å². The number of ether oxygens (including phenoxy) is 2. The van der Waals surface area contributed by atoms with Gasteiger partial charge in [0.2, 0.25) is 0 Å². The van der Waals surface area contributed by atoms with Crippen LogP contribution < -0.4 is 5.32 Å². The molecule has 1 aliphatic rings. The van der Waals surface area contributed by atoms with Gasteiger partial charge in [-0.2, -0.15) is 0 Å². The first-order chi connectivity index (χ1) is 8.65. The average Bonchev–Trinajstić information content (AvgIpc) is 2.86. The number of methoxy groups -OCH3 is 1. The van der Waals surface area contributed by atoms with Gasteiger partial charge < -0.3 is 19.9 Å². The molecule has 1 aromatic rings. The van der Waals surface area contributed by atoms with Crippen molar-refractivity contribution >= 4 is 5.91 Å². The Kier molecular flexibility index (Phi) is 3.84. The maximum atomic E-state index is 11.9. The van der Waals surface area contributed by atoms with Crippen LogP contribution in [0.1, 0.15) is 16.8 Å². The monoisotopic (exact) mass is 251 g/mol. The van der Waals surface area contributed by atoms with Crippen LogP contribution >= 0.6 is 0 Å². The summed E-state index contributed by atoms with van der Waals surface area (Å²) in [5.41, 5.74) is 0.102. The van der Waals surface area contributed by atoms with Crippen LogP contribution in [-0.2, 0) is 9.47 Å². The second-order valence-electron chi connectivity index (χ2n) is 4.42. The molecule has 2 rings (SSSR count). The largest absolute Gasteiger partial charge is 0.508 e. The van der Waals surface area contributed by atoms with Crippen LogP contribution in [0.2, 0.25) is 0 Å². The molecule has 1 saturated heterocycles. The van der Waals surface area contributed by atoms with Crippen LogP contribution in [0.4, 0.5) is 0 Å². The van der Waals surface area contributed by atoms with Crippen molar-refractivity contribution in [2.75, 3.05) is 26.9 Å². The summed E-state index contributed by atoms with van der Waals surface area (Å²) >= 11 is 0. The first-order valence-corrected chi connectivity index (χ1v) is 5.85. The van der Waals surface area contributed by atoms with E-state index in [1.807, 2.05) is 0 Å². The highest BCUT2D eigenvalue weighted by Gasteiger charge is 2.35. The van der Waals surface area contributed by atoms with Gasteiger partial charge in [-0.1, -0.05) is 0 Å². The van der Waals surface area contributed by atoms with Gasteiger partial charge in [0, 0.05) is 32.2 Å². The molecule has 2 N–H and O–H groups in total. The van der Waals surface area contributed by atoms with Gasteiger partial charge in [-0.3, -0.25) is 4.79 Å². The van der Waals surface area contributed by atoms with Gasteiger partial charge in [0.05, 0.1) is 6.61 Å². The lowest BCUT2D eigenvalue weighted by Gasteiger charge is -2.25. The summed E-state index contributed by atoms with van der Waals surface area (Å²) in [6, 6.07) is 6.13. The Hall–Kier alpha value is -1.59. The van der Waals surface area contributed by atoms with Crippen molar-refractivity contribution in [2.24, 2.45) is 0 Å². The number of benzene rings is 1. The molecule has 5 heteroatoms. The van der Waals surface area contributed by atoms with Gasteiger partial charge in [-0.15, -0.1) is 0 Å². The third kappa shape index (κ3) is 2.80. The highest BCUT2D eigenvalue weighted by molar-refractivity contribution is 5.94. The number of rotatable bonds is 4. The summed E-state index contributed by atoms with van der Waals surface area (Å²) in [5.74, 6) is -0.0394. The minimum absolute atomic E-state index is 0.143. The summed E-state index contributed by atoms with van der Waals surface area (Å²) < 4.78 is 10.7. The second-order valence-corrected chi connectivity index (χ2v) is 4.42. The number of aromatic hydroxyl groups is 1. The number of carbonyl (C=O) groups is 1. The zero-order valence-corrected chi connectivity index (χ0v) is 10.3. The predicted molar refractivity (Wildman–Crippen MR) is 65.6 cm³/mol. The van der Waals surface area contributed by atoms with Gasteiger partial charge in [0.15, 0.2) is 0 Å². The number of nitrogens with one attached hydrogen (secondary N) is 1. The van der Waals surface area contributed by atoms with Gasteiger partial charge in [0.25, 0.3) is 5.91 Å². The van der Waals surface area contributed by atoms with E-state index < -0.39 is 5.60 Å². The summed E-state index contributed by atoms with van der Waals surface area (Å²) in [6.45, 7) is 1.57. The van der Waals surface area contributed by atoms with Gasteiger partial charge in [-0.25, -0.2) is 0 Å². The number of phenolic OH excluding ortho intramolecular Hbond substituents is 1. The molecule has 18 heavy (non-hydrogen) atoms. The van der Waals surface area contributed by atoms with E-state index in [0.29, 0.717) is 25.3 Å². The van der Waals surface area contributed by atoms with E-state index in [0.717, 1.165) is 6.42 Å². The third-order valence-corrected chi connectivity index (χ3v) is 3.20. The van der Waals surface area contributed by atoms with Crippen LogP contribution in [-0.4, -0.2) is 43.5 Å². The molecule has 0 spiro atoms. The summed E-state index contributed by atoms with van der Waals surface area (Å²) in [6.07, 6.45) is 0.777. The van der Waals surface area contributed by atoms with Crippen LogP contribution in [0.3, 0.4) is 0 Å². The Balaban J connectivity index is 1.93. The summed E-state index contributed by atoms with van der Waals surface area (Å²) in [7, 11) is 1.63. The lowest BCUT2D eigenvalue weighted by molar-refractivity contribution is -0.0148. The number of hydrogen-bond acceptors (Lipinski definition) is 4. The molecule has 1 aromatic carbocycles. The van der Waals surface area contributed by atoms with E-state index in [4.69, 9.17) is 14.6 Å². The van der Waals surface area contributed by atoms with Crippen molar-refractivity contribution in [1.82, 2.24) is 5.32 Å². The first-order valence-electron chi connectivity index (χ1n) is 5.85. The minimum Gasteiger partial charge on any atom is -0.508 e. The van der Waals surface area contributed by atoms with E-state index in [2.05, 4.69) is 5.32 Å². The second kappa shape index (κ2) is 5.37. The molecule has 0 radical (unpaired) electrons. The van der Waals surface area contributed by atoms with Crippen LogP contribution in [0.25, 0.3) is 0 Å². The Morgan fingerprint density at radius 3 is 2.78 bits per heavy atom. The van der Waals surface area contributed by atoms with Crippen LogP contribution in [0.5, 0.6) is 5.75 Å². The maximum Gasteiger partial charge on any atom is 0.251 e. The third-order valence-electron chi connectivity index (χ3n) is 3.20. The average molecular weight is 251 g/mol. The summed E-state index contributed by atoms with van der Waals surface area (Å²) in [5, 5.41) is 12.0. The quantitative estimate of drug-likeness (QED) is 0.835. The van der Waals surface area contributed by atoms with E-state index in [1.54, 1.807) is 19.2 Å². The molecular weight excluding hydrogens is 234 g/mol. The standard InChI is InChI=1S/C13H17NO4/c1-17-13(6-7-18-9-13)8-14-12(16)10-2-4-11(15)5-3-10/h2-5,15H,6-9H2,1H3,(H,14,16). The maximum absolute atomic E-state index is 11.9. The number of carbonyl (C=O) groups excluding carboxylic acids is 1. The van der Waals surface area contributed by atoms with Crippen molar-refractivity contribution in [1.29, 1.82) is 0 Å². The lowest BCUT2D eigenvalue weighted by Crippen LogP contribution is -2.45. The SMILES string of the molecule is COC1(CNC(=O)c2ccc(O)cc2)CCOC1. The molecule has 5 nitrogen and oxygen atoms in total. The molecule has 98 valence electrons. The summed E-state index contributed by atoms with van der Waals surface area (Å²) in [4.78, 5) is 11.9. The zero-order valence-electron chi connectivity index (χ0n) is 10.3. The molecule has 0 bridgehead atoms. The Labute approximate surface area is 106 Å². The molecule has 0 aliphatic carbocycles. The molecule has 1 amide bonds. The molecule has 0 saturated carbocycles. The fraction of sp³-hybridized carbons (Fsp3) is 0.462. The Bertz CT molecular complexity index is 410.